The largest absolute Gasteiger partial charge is 0.506 e. The van der Waals surface area contributed by atoms with Gasteiger partial charge in [-0.3, -0.25) is 0 Å². The molecule has 0 spiro atoms. The number of hydrogen-bond donors (Lipinski definition) is 0. The second-order valence-corrected chi connectivity index (χ2v) is 5.28. The third-order valence-electron chi connectivity index (χ3n) is 3.83. The van der Waals surface area contributed by atoms with Crippen LogP contribution in [-0.2, 0) is 4.74 Å². The van der Waals surface area contributed by atoms with Crippen LogP contribution in [0.25, 0.3) is 32.8 Å². The van der Waals surface area contributed by atoms with Gasteiger partial charge in [-0.1, -0.05) is 24.3 Å². The SMILES string of the molecule is [C-]#[N+]/C(C#N)=C(\OC)c1ccc2ccc(-c3ccccc3F)nc2c1F. The Kier molecular flexibility index (Phi) is 4.59. The Morgan fingerprint density at radius 1 is 1.15 bits per heavy atom. The minimum absolute atomic E-state index is 0.0000680. The van der Waals surface area contributed by atoms with Crippen molar-refractivity contribution in [2.24, 2.45) is 0 Å². The van der Waals surface area contributed by atoms with Gasteiger partial charge in [0, 0.05) is 16.5 Å². The summed E-state index contributed by atoms with van der Waals surface area (Å²) in [6.45, 7) is 7.03. The lowest BCUT2D eigenvalue weighted by atomic mass is 10.1. The highest BCUT2D eigenvalue weighted by molar-refractivity contribution is 5.86. The van der Waals surface area contributed by atoms with Gasteiger partial charge < -0.3 is 4.74 Å². The molecule has 0 bridgehead atoms. The summed E-state index contributed by atoms with van der Waals surface area (Å²) >= 11 is 0. The molecule has 3 rings (SSSR count). The van der Waals surface area contributed by atoms with Crippen LogP contribution >= 0.6 is 0 Å². The van der Waals surface area contributed by atoms with Gasteiger partial charge in [-0.2, -0.15) is 0 Å². The lowest BCUT2D eigenvalue weighted by molar-refractivity contribution is 0.366. The van der Waals surface area contributed by atoms with Gasteiger partial charge in [0.2, 0.25) is 0 Å². The van der Waals surface area contributed by atoms with Gasteiger partial charge in [-0.05, 0) is 24.3 Å². The van der Waals surface area contributed by atoms with Crippen LogP contribution in [0.4, 0.5) is 8.78 Å². The number of fused-ring (bicyclic) bond motifs is 1. The van der Waals surface area contributed by atoms with E-state index in [0.717, 1.165) is 0 Å². The average molecular weight is 347 g/mol. The van der Waals surface area contributed by atoms with Crippen molar-refractivity contribution in [3.63, 3.8) is 0 Å². The molecule has 0 unspecified atom stereocenters. The van der Waals surface area contributed by atoms with Crippen LogP contribution in [0.5, 0.6) is 0 Å². The Morgan fingerprint density at radius 2 is 1.88 bits per heavy atom. The molecule has 26 heavy (non-hydrogen) atoms. The summed E-state index contributed by atoms with van der Waals surface area (Å²) in [6, 6.07) is 14.0. The number of rotatable bonds is 3. The quantitative estimate of drug-likeness (QED) is 0.383. The second-order valence-electron chi connectivity index (χ2n) is 5.28. The summed E-state index contributed by atoms with van der Waals surface area (Å²) in [5, 5.41) is 9.54. The van der Waals surface area contributed by atoms with E-state index in [0.29, 0.717) is 5.39 Å². The Morgan fingerprint density at radius 3 is 2.54 bits per heavy atom. The third kappa shape index (κ3) is 2.85. The molecule has 0 atom stereocenters. The van der Waals surface area contributed by atoms with Crippen LogP contribution in [0, 0.1) is 29.5 Å². The molecule has 4 nitrogen and oxygen atoms in total. The highest BCUT2D eigenvalue weighted by atomic mass is 19.1. The van der Waals surface area contributed by atoms with Crippen LogP contribution in [0.2, 0.25) is 0 Å². The molecule has 1 heterocycles. The molecule has 0 fully saturated rings. The van der Waals surface area contributed by atoms with Gasteiger partial charge >= 0.3 is 5.70 Å². The first-order valence-corrected chi connectivity index (χ1v) is 7.51. The topological polar surface area (TPSA) is 50.3 Å². The van der Waals surface area contributed by atoms with Gasteiger partial charge in [0.15, 0.2) is 5.82 Å². The van der Waals surface area contributed by atoms with Crippen LogP contribution in [-0.4, -0.2) is 12.1 Å². The van der Waals surface area contributed by atoms with Crippen molar-refractivity contribution in [2.75, 3.05) is 7.11 Å². The highest BCUT2D eigenvalue weighted by Crippen LogP contribution is 2.30. The summed E-state index contributed by atoms with van der Waals surface area (Å²) in [6.07, 6.45) is 0. The number of nitrogens with zero attached hydrogens (tertiary/aromatic N) is 3. The van der Waals surface area contributed by atoms with E-state index in [1.165, 1.54) is 19.2 Å². The van der Waals surface area contributed by atoms with E-state index in [9.17, 15) is 4.39 Å². The van der Waals surface area contributed by atoms with E-state index in [4.69, 9.17) is 16.6 Å². The number of aromatic nitrogens is 1. The summed E-state index contributed by atoms with van der Waals surface area (Å²) in [7, 11) is 1.25. The van der Waals surface area contributed by atoms with Crippen LogP contribution in [0.1, 0.15) is 5.56 Å². The van der Waals surface area contributed by atoms with E-state index >= 15 is 4.39 Å². The van der Waals surface area contributed by atoms with E-state index in [2.05, 4.69) is 9.83 Å². The number of halogens is 2. The van der Waals surface area contributed by atoms with Crippen molar-refractivity contribution in [3.05, 3.63) is 82.8 Å². The molecule has 126 valence electrons. The number of allylic oxidation sites excluding steroid dienone is 1. The van der Waals surface area contributed by atoms with Gasteiger partial charge in [0.1, 0.15) is 17.1 Å². The van der Waals surface area contributed by atoms with Crippen LogP contribution in [0.15, 0.2) is 54.2 Å². The number of benzene rings is 2. The first-order valence-electron chi connectivity index (χ1n) is 7.51. The molecule has 0 amide bonds. The normalized spacial score (nSPS) is 11.4. The zero-order chi connectivity index (χ0) is 18.7. The van der Waals surface area contributed by atoms with Gasteiger partial charge in [-0.25, -0.2) is 23.9 Å². The fraction of sp³-hybridized carbons (Fsp3) is 0.0500. The summed E-state index contributed by atoms with van der Waals surface area (Å²) < 4.78 is 34.1. The van der Waals surface area contributed by atoms with Crippen molar-refractivity contribution in [2.45, 2.75) is 0 Å². The van der Waals surface area contributed by atoms with E-state index in [1.807, 2.05) is 0 Å². The maximum atomic E-state index is 15.1. The molecular formula is C20H11F2N3O. The lowest BCUT2D eigenvalue weighted by Crippen LogP contribution is -1.98. The number of pyridine rings is 1. The second kappa shape index (κ2) is 7.00. The van der Waals surface area contributed by atoms with Crippen LogP contribution in [0.3, 0.4) is 0 Å². The Hall–Kier alpha value is -3.77. The minimum Gasteiger partial charge on any atom is -0.506 e. The Labute approximate surface area is 148 Å². The standard InChI is InChI=1S/C20H11F2N3O/c1-24-17(11-23)20(26-2)14-9-7-12-8-10-16(25-19(12)18(14)22)13-5-3-4-6-15(13)21/h3-10H,2H3/b20-17-. The summed E-state index contributed by atoms with van der Waals surface area (Å²) in [5.74, 6) is -1.37. The maximum absolute atomic E-state index is 15.1. The van der Waals surface area contributed by atoms with E-state index in [-0.39, 0.29) is 33.8 Å². The van der Waals surface area contributed by atoms with Crippen molar-refractivity contribution >= 4 is 16.7 Å². The van der Waals surface area contributed by atoms with E-state index in [1.54, 1.807) is 42.5 Å². The molecular weight excluding hydrogens is 336 g/mol. The zero-order valence-corrected chi connectivity index (χ0v) is 13.6. The Balaban J connectivity index is 2.27. The lowest BCUT2D eigenvalue weighted by Gasteiger charge is -2.11. The molecule has 0 aliphatic rings. The molecule has 0 N–H and O–H groups in total. The molecule has 0 radical (unpaired) electrons. The first kappa shape index (κ1) is 17.1. The Bertz CT molecular complexity index is 1110. The summed E-state index contributed by atoms with van der Waals surface area (Å²) in [4.78, 5) is 7.30. The molecule has 0 saturated heterocycles. The van der Waals surface area contributed by atoms with Gasteiger partial charge in [0.25, 0.3) is 0 Å². The summed E-state index contributed by atoms with van der Waals surface area (Å²) in [5.41, 5.74) is 0.114. The highest BCUT2D eigenvalue weighted by Gasteiger charge is 2.18. The van der Waals surface area contributed by atoms with Gasteiger partial charge in [-0.15, -0.1) is 0 Å². The fourth-order valence-electron chi connectivity index (χ4n) is 2.61. The average Bonchev–Trinajstić information content (AvgIpc) is 2.67. The van der Waals surface area contributed by atoms with E-state index < -0.39 is 11.6 Å². The number of nitriles is 1. The molecule has 0 saturated carbocycles. The predicted octanol–water partition coefficient (Wildman–Crippen LogP) is 4.94. The van der Waals surface area contributed by atoms with Gasteiger partial charge in [0.05, 0.1) is 25.4 Å². The van der Waals surface area contributed by atoms with Crippen molar-refractivity contribution in [3.8, 4) is 17.3 Å². The van der Waals surface area contributed by atoms with Crippen molar-refractivity contribution < 1.29 is 13.5 Å². The molecule has 0 aliphatic heterocycles. The van der Waals surface area contributed by atoms with Crippen molar-refractivity contribution in [1.29, 1.82) is 5.26 Å². The predicted molar refractivity (Wildman–Crippen MR) is 93.2 cm³/mol. The zero-order valence-electron chi connectivity index (χ0n) is 13.6. The first-order chi connectivity index (χ1) is 12.6. The fourth-order valence-corrected chi connectivity index (χ4v) is 2.61. The molecule has 3 aromatic rings. The van der Waals surface area contributed by atoms with Crippen molar-refractivity contribution in [1.82, 2.24) is 4.98 Å². The monoisotopic (exact) mass is 347 g/mol. The number of hydrogen-bond acceptors (Lipinski definition) is 3. The third-order valence-corrected chi connectivity index (χ3v) is 3.83. The maximum Gasteiger partial charge on any atom is 0.303 e. The van der Waals surface area contributed by atoms with Crippen LogP contribution < -0.4 is 0 Å². The molecule has 6 heteroatoms. The minimum atomic E-state index is -0.742. The number of ether oxygens (including phenoxy) is 1. The molecule has 0 aliphatic carbocycles. The smallest absolute Gasteiger partial charge is 0.303 e. The molecule has 1 aromatic heterocycles. The number of methoxy groups -OCH3 is 1. The molecule has 2 aromatic carbocycles.